The maximum atomic E-state index is 13.0. The predicted octanol–water partition coefficient (Wildman–Crippen LogP) is 2.58. The third-order valence-corrected chi connectivity index (χ3v) is 5.72. The third-order valence-electron chi connectivity index (χ3n) is 4.78. The van der Waals surface area contributed by atoms with Crippen molar-refractivity contribution in [2.45, 2.75) is 23.7 Å². The van der Waals surface area contributed by atoms with Crippen LogP contribution in [-0.2, 0) is 5.75 Å². The molecule has 3 aromatic rings. The highest BCUT2D eigenvalue weighted by atomic mass is 32.2. The van der Waals surface area contributed by atoms with E-state index in [9.17, 15) is 9.18 Å². The average molecular weight is 413 g/mol. The zero-order valence-corrected chi connectivity index (χ0v) is 16.9. The summed E-state index contributed by atoms with van der Waals surface area (Å²) in [5.74, 6) is 1.33. The zero-order chi connectivity index (χ0) is 20.2. The van der Waals surface area contributed by atoms with E-state index in [1.165, 1.54) is 23.9 Å². The van der Waals surface area contributed by atoms with Crippen molar-refractivity contribution in [1.82, 2.24) is 15.1 Å². The summed E-state index contributed by atoms with van der Waals surface area (Å²) in [5, 5.41) is 11.4. The lowest BCUT2D eigenvalue weighted by atomic mass is 10.1. The van der Waals surface area contributed by atoms with E-state index in [1.807, 2.05) is 23.1 Å². The van der Waals surface area contributed by atoms with Crippen LogP contribution >= 0.6 is 11.8 Å². The summed E-state index contributed by atoms with van der Waals surface area (Å²) >= 11 is 1.48. The van der Waals surface area contributed by atoms with Crippen molar-refractivity contribution in [3.63, 3.8) is 0 Å². The first-order chi connectivity index (χ1) is 14.1. The van der Waals surface area contributed by atoms with Gasteiger partial charge < -0.3 is 14.6 Å². The number of rotatable bonds is 5. The van der Waals surface area contributed by atoms with E-state index >= 15 is 0 Å². The lowest BCUT2D eigenvalue weighted by molar-refractivity contribution is -0.693. The number of halogens is 1. The molecule has 0 bridgehead atoms. The monoisotopic (exact) mass is 413 g/mol. The Kier molecular flexibility index (Phi) is 5.92. The Bertz CT molecular complexity index is 975. The van der Waals surface area contributed by atoms with Crippen molar-refractivity contribution in [3.05, 3.63) is 65.9 Å². The SMILES string of the molecule is C[C@H]1CN(C(=O)c2ccc(CSc3ccc(-c4ccc(F)cc4)nn3)o2)CC[NH2+]1. The molecule has 1 aromatic carbocycles. The zero-order valence-electron chi connectivity index (χ0n) is 16.0. The van der Waals surface area contributed by atoms with Crippen molar-refractivity contribution in [1.29, 1.82) is 0 Å². The second kappa shape index (κ2) is 8.75. The molecule has 0 saturated carbocycles. The number of piperazine rings is 1. The van der Waals surface area contributed by atoms with Crippen molar-refractivity contribution >= 4 is 17.7 Å². The Morgan fingerprint density at radius 3 is 2.76 bits per heavy atom. The highest BCUT2D eigenvalue weighted by Gasteiger charge is 2.26. The Morgan fingerprint density at radius 2 is 2.03 bits per heavy atom. The van der Waals surface area contributed by atoms with Gasteiger partial charge in [0.25, 0.3) is 5.91 Å². The fraction of sp³-hybridized carbons (Fsp3) is 0.286. The van der Waals surface area contributed by atoms with Gasteiger partial charge in [0.15, 0.2) is 5.76 Å². The molecule has 0 spiro atoms. The third kappa shape index (κ3) is 4.83. The molecule has 1 saturated heterocycles. The number of nitrogens with two attached hydrogens (primary N) is 1. The van der Waals surface area contributed by atoms with E-state index in [1.54, 1.807) is 18.2 Å². The van der Waals surface area contributed by atoms with E-state index in [0.29, 0.717) is 23.2 Å². The summed E-state index contributed by atoms with van der Waals surface area (Å²) in [6, 6.07) is 13.9. The molecule has 1 atom stereocenters. The van der Waals surface area contributed by atoms with Crippen molar-refractivity contribution in [3.8, 4) is 11.3 Å². The average Bonchev–Trinajstić information content (AvgIpc) is 3.22. The van der Waals surface area contributed by atoms with Gasteiger partial charge in [0.2, 0.25) is 0 Å². The van der Waals surface area contributed by atoms with Gasteiger partial charge in [0.1, 0.15) is 22.6 Å². The van der Waals surface area contributed by atoms with Gasteiger partial charge in [-0.15, -0.1) is 10.2 Å². The van der Waals surface area contributed by atoms with Gasteiger partial charge in [-0.05, 0) is 55.5 Å². The molecule has 0 radical (unpaired) electrons. The van der Waals surface area contributed by atoms with E-state index in [2.05, 4.69) is 22.4 Å². The van der Waals surface area contributed by atoms with Crippen LogP contribution in [0.5, 0.6) is 0 Å². The topological polar surface area (TPSA) is 75.8 Å². The van der Waals surface area contributed by atoms with Crippen molar-refractivity contribution in [2.24, 2.45) is 0 Å². The number of furan rings is 1. The summed E-state index contributed by atoms with van der Waals surface area (Å²) in [6.07, 6.45) is 0. The minimum Gasteiger partial charge on any atom is -0.455 e. The molecule has 2 N–H and O–H groups in total. The van der Waals surface area contributed by atoms with Crippen LogP contribution in [0.2, 0.25) is 0 Å². The Hall–Kier alpha value is -2.71. The standard InChI is InChI=1S/C21H21FN4O2S/c1-14-12-26(11-10-23-14)21(27)19-8-6-17(28-19)13-29-20-9-7-18(24-25-20)15-2-4-16(22)5-3-15/h2-9,14,23H,10-13H2,1H3/p+1/t14-/m0/s1. The highest BCUT2D eigenvalue weighted by Crippen LogP contribution is 2.24. The Morgan fingerprint density at radius 1 is 1.21 bits per heavy atom. The summed E-state index contributed by atoms with van der Waals surface area (Å²) in [6.45, 7) is 4.51. The number of hydrogen-bond donors (Lipinski definition) is 1. The maximum Gasteiger partial charge on any atom is 0.289 e. The first-order valence-corrected chi connectivity index (χ1v) is 10.5. The maximum absolute atomic E-state index is 13.0. The molecule has 0 unspecified atom stereocenters. The van der Waals surface area contributed by atoms with Gasteiger partial charge in [-0.3, -0.25) is 4.79 Å². The molecular formula is C21H22FN4O2S+. The van der Waals surface area contributed by atoms with Gasteiger partial charge in [-0.2, -0.15) is 0 Å². The molecule has 2 aromatic heterocycles. The molecule has 1 aliphatic rings. The number of amides is 1. The minimum atomic E-state index is -0.279. The van der Waals surface area contributed by atoms with E-state index in [0.717, 1.165) is 36.0 Å². The summed E-state index contributed by atoms with van der Waals surface area (Å²) in [7, 11) is 0. The molecular weight excluding hydrogens is 391 g/mol. The summed E-state index contributed by atoms with van der Waals surface area (Å²) in [4.78, 5) is 14.4. The van der Waals surface area contributed by atoms with Crippen LogP contribution in [0, 0.1) is 5.82 Å². The molecule has 150 valence electrons. The van der Waals surface area contributed by atoms with Crippen molar-refractivity contribution in [2.75, 3.05) is 19.6 Å². The van der Waals surface area contributed by atoms with E-state index in [-0.39, 0.29) is 11.7 Å². The Balaban J connectivity index is 1.35. The van der Waals surface area contributed by atoms with Crippen molar-refractivity contribution < 1.29 is 18.9 Å². The van der Waals surface area contributed by atoms with Gasteiger partial charge in [0, 0.05) is 5.56 Å². The fourth-order valence-electron chi connectivity index (χ4n) is 3.26. The molecule has 0 aliphatic carbocycles. The lowest BCUT2D eigenvalue weighted by Crippen LogP contribution is -2.94. The molecule has 4 rings (SSSR count). The lowest BCUT2D eigenvalue weighted by Gasteiger charge is -2.28. The van der Waals surface area contributed by atoms with Gasteiger partial charge in [0.05, 0.1) is 31.1 Å². The molecule has 1 fully saturated rings. The fourth-order valence-corrected chi connectivity index (χ4v) is 3.96. The first kappa shape index (κ1) is 19.6. The molecule has 29 heavy (non-hydrogen) atoms. The quantitative estimate of drug-likeness (QED) is 0.651. The second-order valence-corrected chi connectivity index (χ2v) is 8.07. The van der Waals surface area contributed by atoms with Crippen LogP contribution in [0.25, 0.3) is 11.3 Å². The molecule has 1 amide bonds. The number of quaternary nitrogens is 1. The molecule has 3 heterocycles. The minimum absolute atomic E-state index is 0.0513. The van der Waals surface area contributed by atoms with Gasteiger partial charge >= 0.3 is 0 Å². The Labute approximate surface area is 172 Å². The number of aromatic nitrogens is 2. The predicted molar refractivity (Wildman–Crippen MR) is 108 cm³/mol. The normalized spacial score (nSPS) is 16.8. The molecule has 6 nitrogen and oxygen atoms in total. The van der Waals surface area contributed by atoms with Gasteiger partial charge in [-0.25, -0.2) is 4.39 Å². The van der Waals surface area contributed by atoms with E-state index < -0.39 is 0 Å². The number of nitrogens with zero attached hydrogens (tertiary/aromatic N) is 3. The van der Waals surface area contributed by atoms with E-state index in [4.69, 9.17) is 4.42 Å². The number of benzene rings is 1. The number of thioether (sulfide) groups is 1. The summed E-state index contributed by atoms with van der Waals surface area (Å²) < 4.78 is 18.8. The van der Waals surface area contributed by atoms with Gasteiger partial charge in [-0.1, -0.05) is 11.8 Å². The second-order valence-electron chi connectivity index (χ2n) is 7.07. The van der Waals surface area contributed by atoms with Crippen LogP contribution in [-0.4, -0.2) is 46.7 Å². The van der Waals surface area contributed by atoms with Crippen LogP contribution < -0.4 is 5.32 Å². The number of carbonyl (C=O) groups excluding carboxylic acids is 1. The largest absolute Gasteiger partial charge is 0.455 e. The van der Waals surface area contributed by atoms with Crippen LogP contribution in [0.3, 0.4) is 0 Å². The first-order valence-electron chi connectivity index (χ1n) is 9.52. The van der Waals surface area contributed by atoms with Crippen LogP contribution in [0.1, 0.15) is 23.2 Å². The summed E-state index contributed by atoms with van der Waals surface area (Å²) in [5.41, 5.74) is 1.50. The highest BCUT2D eigenvalue weighted by molar-refractivity contribution is 7.98. The smallest absolute Gasteiger partial charge is 0.289 e. The molecule has 8 heteroatoms. The van der Waals surface area contributed by atoms with Crippen LogP contribution in [0.4, 0.5) is 4.39 Å². The van der Waals surface area contributed by atoms with Crippen LogP contribution in [0.15, 0.2) is 58.0 Å². The number of hydrogen-bond acceptors (Lipinski definition) is 5. The number of carbonyl (C=O) groups is 1. The molecule has 1 aliphatic heterocycles.